The third-order valence-corrected chi connectivity index (χ3v) is 6.98. The number of aryl methyl sites for hydroxylation is 1. The number of hydrogen-bond donors (Lipinski definition) is 1. The standard InChI is InChI=1S/C20H24ClN3O3S/c1-16-6-8-17(9-7-16)20(25)22-10-15-28(26,27)24-13-11-23(12-14-24)19-5-3-2-4-18(19)21/h2-9H,10-15H2,1H3,(H,22,25). The van der Waals surface area contributed by atoms with E-state index in [1.165, 1.54) is 4.31 Å². The summed E-state index contributed by atoms with van der Waals surface area (Å²) in [6.45, 7) is 4.00. The average Bonchev–Trinajstić information content (AvgIpc) is 2.69. The van der Waals surface area contributed by atoms with Crippen LogP contribution in [0.1, 0.15) is 15.9 Å². The van der Waals surface area contributed by atoms with Crippen molar-refractivity contribution in [2.75, 3.05) is 43.4 Å². The number of nitrogens with one attached hydrogen (secondary N) is 1. The lowest BCUT2D eigenvalue weighted by Crippen LogP contribution is -2.50. The van der Waals surface area contributed by atoms with Crippen molar-refractivity contribution in [2.45, 2.75) is 6.92 Å². The van der Waals surface area contributed by atoms with Crippen molar-refractivity contribution >= 4 is 33.2 Å². The molecule has 3 rings (SSSR count). The van der Waals surface area contributed by atoms with Gasteiger partial charge in [-0.2, -0.15) is 4.31 Å². The Morgan fingerprint density at radius 1 is 1.04 bits per heavy atom. The second-order valence-corrected chi connectivity index (χ2v) is 9.27. The Morgan fingerprint density at radius 2 is 1.68 bits per heavy atom. The summed E-state index contributed by atoms with van der Waals surface area (Å²) in [6.07, 6.45) is 0. The molecule has 2 aromatic carbocycles. The van der Waals surface area contributed by atoms with Crippen LogP contribution in [0.5, 0.6) is 0 Å². The van der Waals surface area contributed by atoms with Crippen molar-refractivity contribution in [3.8, 4) is 0 Å². The molecule has 1 aliphatic heterocycles. The van der Waals surface area contributed by atoms with E-state index in [-0.39, 0.29) is 18.2 Å². The van der Waals surface area contributed by atoms with Crippen molar-refractivity contribution in [3.63, 3.8) is 0 Å². The molecule has 0 saturated carbocycles. The summed E-state index contributed by atoms with van der Waals surface area (Å²) in [4.78, 5) is 14.2. The summed E-state index contributed by atoms with van der Waals surface area (Å²) in [7, 11) is -3.42. The Hall–Kier alpha value is -2.09. The largest absolute Gasteiger partial charge is 0.368 e. The van der Waals surface area contributed by atoms with Gasteiger partial charge in [-0.25, -0.2) is 8.42 Å². The van der Waals surface area contributed by atoms with Crippen LogP contribution in [0, 0.1) is 6.92 Å². The summed E-state index contributed by atoms with van der Waals surface area (Å²) < 4.78 is 26.7. The molecule has 2 aromatic rings. The molecule has 0 unspecified atom stereocenters. The number of nitrogens with zero attached hydrogens (tertiary/aromatic N) is 2. The van der Waals surface area contributed by atoms with Gasteiger partial charge in [-0.15, -0.1) is 0 Å². The van der Waals surface area contributed by atoms with Crippen molar-refractivity contribution in [2.24, 2.45) is 0 Å². The number of piperazine rings is 1. The number of carbonyl (C=O) groups is 1. The molecule has 1 fully saturated rings. The van der Waals surface area contributed by atoms with Gasteiger partial charge in [0.25, 0.3) is 5.91 Å². The number of carbonyl (C=O) groups excluding carboxylic acids is 1. The highest BCUT2D eigenvalue weighted by molar-refractivity contribution is 7.89. The first kappa shape index (κ1) is 20.6. The van der Waals surface area contributed by atoms with E-state index in [0.717, 1.165) is 11.3 Å². The molecule has 0 aromatic heterocycles. The fraction of sp³-hybridized carbons (Fsp3) is 0.350. The van der Waals surface area contributed by atoms with Gasteiger partial charge in [0.1, 0.15) is 0 Å². The van der Waals surface area contributed by atoms with Gasteiger partial charge in [0.2, 0.25) is 10.0 Å². The summed E-state index contributed by atoms with van der Waals surface area (Å²) in [5.41, 5.74) is 2.51. The lowest BCUT2D eigenvalue weighted by Gasteiger charge is -2.35. The van der Waals surface area contributed by atoms with E-state index >= 15 is 0 Å². The van der Waals surface area contributed by atoms with Crippen molar-refractivity contribution in [1.29, 1.82) is 0 Å². The number of para-hydroxylation sites is 1. The van der Waals surface area contributed by atoms with E-state index in [2.05, 4.69) is 10.2 Å². The maximum atomic E-state index is 12.6. The second kappa shape index (κ2) is 8.94. The number of sulfonamides is 1. The van der Waals surface area contributed by atoms with Crippen LogP contribution in [0.15, 0.2) is 48.5 Å². The summed E-state index contributed by atoms with van der Waals surface area (Å²) in [5.74, 6) is -0.379. The van der Waals surface area contributed by atoms with Crippen molar-refractivity contribution in [3.05, 3.63) is 64.7 Å². The normalized spacial score (nSPS) is 15.4. The number of benzene rings is 2. The SMILES string of the molecule is Cc1ccc(C(=O)NCCS(=O)(=O)N2CCN(c3ccccc3Cl)CC2)cc1. The van der Waals surface area contributed by atoms with E-state index < -0.39 is 10.0 Å². The topological polar surface area (TPSA) is 69.7 Å². The summed E-state index contributed by atoms with van der Waals surface area (Å²) >= 11 is 6.23. The molecule has 28 heavy (non-hydrogen) atoms. The van der Waals surface area contributed by atoms with E-state index in [9.17, 15) is 13.2 Å². The van der Waals surface area contributed by atoms with Gasteiger partial charge in [0.05, 0.1) is 16.5 Å². The molecule has 0 atom stereocenters. The number of halogens is 1. The van der Waals surface area contributed by atoms with Crippen molar-refractivity contribution < 1.29 is 13.2 Å². The van der Waals surface area contributed by atoms with E-state index in [4.69, 9.17) is 11.6 Å². The van der Waals surface area contributed by atoms with Gasteiger partial charge >= 0.3 is 0 Å². The van der Waals surface area contributed by atoms with Crippen LogP contribution < -0.4 is 10.2 Å². The third-order valence-electron chi connectivity index (χ3n) is 4.78. The van der Waals surface area contributed by atoms with Crippen LogP contribution in [-0.4, -0.2) is 57.1 Å². The number of hydrogen-bond acceptors (Lipinski definition) is 4. The number of anilines is 1. The minimum atomic E-state index is -3.42. The lowest BCUT2D eigenvalue weighted by atomic mass is 10.1. The van der Waals surface area contributed by atoms with Gasteiger partial charge in [0.15, 0.2) is 0 Å². The minimum absolute atomic E-state index is 0.0831. The number of amides is 1. The zero-order valence-corrected chi connectivity index (χ0v) is 17.3. The molecule has 150 valence electrons. The maximum absolute atomic E-state index is 12.6. The molecular formula is C20H24ClN3O3S. The zero-order valence-electron chi connectivity index (χ0n) is 15.8. The van der Waals surface area contributed by atoms with E-state index in [1.54, 1.807) is 12.1 Å². The van der Waals surface area contributed by atoms with Gasteiger partial charge in [0, 0.05) is 38.3 Å². The molecular weight excluding hydrogens is 398 g/mol. The highest BCUT2D eigenvalue weighted by Gasteiger charge is 2.27. The maximum Gasteiger partial charge on any atom is 0.251 e. The highest BCUT2D eigenvalue weighted by atomic mass is 35.5. The average molecular weight is 422 g/mol. The molecule has 1 aliphatic rings. The Labute approximate surface area is 171 Å². The Balaban J connectivity index is 1.49. The zero-order chi connectivity index (χ0) is 20.1. The van der Waals surface area contributed by atoms with Gasteiger partial charge in [-0.05, 0) is 31.2 Å². The minimum Gasteiger partial charge on any atom is -0.368 e. The lowest BCUT2D eigenvalue weighted by molar-refractivity contribution is 0.0956. The fourth-order valence-electron chi connectivity index (χ4n) is 3.14. The van der Waals surface area contributed by atoms with Gasteiger partial charge in [-0.1, -0.05) is 41.4 Å². The summed E-state index contributed by atoms with van der Waals surface area (Å²) in [6, 6.07) is 14.7. The molecule has 0 bridgehead atoms. The quantitative estimate of drug-likeness (QED) is 0.778. The first-order chi connectivity index (χ1) is 13.4. The van der Waals surface area contributed by atoms with E-state index in [0.29, 0.717) is 36.8 Å². The van der Waals surface area contributed by atoms with Gasteiger partial charge in [-0.3, -0.25) is 4.79 Å². The monoisotopic (exact) mass is 421 g/mol. The number of rotatable bonds is 6. The molecule has 1 N–H and O–H groups in total. The predicted molar refractivity (Wildman–Crippen MR) is 113 cm³/mol. The van der Waals surface area contributed by atoms with Crippen LogP contribution >= 0.6 is 11.6 Å². The third kappa shape index (κ3) is 5.04. The second-order valence-electron chi connectivity index (χ2n) is 6.78. The molecule has 0 spiro atoms. The van der Waals surface area contributed by atoms with E-state index in [1.807, 2.05) is 43.3 Å². The molecule has 0 radical (unpaired) electrons. The molecule has 0 aliphatic carbocycles. The van der Waals surface area contributed by atoms with Crippen LogP contribution in [0.3, 0.4) is 0 Å². The molecule has 1 heterocycles. The summed E-state index contributed by atoms with van der Waals surface area (Å²) in [5, 5.41) is 3.35. The van der Waals surface area contributed by atoms with Crippen molar-refractivity contribution in [1.82, 2.24) is 9.62 Å². The smallest absolute Gasteiger partial charge is 0.251 e. The first-order valence-corrected chi connectivity index (χ1v) is 11.2. The van der Waals surface area contributed by atoms with Crippen LogP contribution in [-0.2, 0) is 10.0 Å². The predicted octanol–water partition coefficient (Wildman–Crippen LogP) is 2.53. The molecule has 1 saturated heterocycles. The Kier molecular flexibility index (Phi) is 6.59. The van der Waals surface area contributed by atoms with Gasteiger partial charge < -0.3 is 10.2 Å². The first-order valence-electron chi connectivity index (χ1n) is 9.19. The molecule has 1 amide bonds. The van der Waals surface area contributed by atoms with Crippen LogP contribution in [0.2, 0.25) is 5.02 Å². The molecule has 8 heteroatoms. The van der Waals surface area contributed by atoms with Crippen LogP contribution in [0.25, 0.3) is 0 Å². The Morgan fingerprint density at radius 3 is 2.32 bits per heavy atom. The molecule has 6 nitrogen and oxygen atoms in total. The fourth-order valence-corrected chi connectivity index (χ4v) is 4.74. The Bertz CT molecular complexity index is 924. The highest BCUT2D eigenvalue weighted by Crippen LogP contribution is 2.26. The van der Waals surface area contributed by atoms with Crippen LogP contribution in [0.4, 0.5) is 5.69 Å².